The number of likely N-dealkylation sites (tertiary alicyclic amines) is 1. The number of aromatic hydroxyl groups is 1. The summed E-state index contributed by atoms with van der Waals surface area (Å²) in [5.41, 5.74) is 1.22. The number of hydrogen-bond acceptors (Lipinski definition) is 3. The van der Waals surface area contributed by atoms with Gasteiger partial charge in [0.1, 0.15) is 5.75 Å². The fraction of sp³-hybridized carbons (Fsp3) is 0.353. The number of fused-ring (bicyclic) bond motifs is 1. The van der Waals surface area contributed by atoms with Gasteiger partial charge in [-0.2, -0.15) is 0 Å². The van der Waals surface area contributed by atoms with E-state index in [0.717, 1.165) is 43.2 Å². The smallest absolute Gasteiger partial charge is 0.306 e. The van der Waals surface area contributed by atoms with Crippen molar-refractivity contribution in [3.05, 3.63) is 42.0 Å². The van der Waals surface area contributed by atoms with Gasteiger partial charge in [0.25, 0.3) is 0 Å². The number of phenols is 1. The van der Waals surface area contributed by atoms with Crippen LogP contribution in [0.4, 0.5) is 0 Å². The van der Waals surface area contributed by atoms with Gasteiger partial charge in [-0.05, 0) is 60.5 Å². The molecule has 1 aliphatic heterocycles. The van der Waals surface area contributed by atoms with Crippen LogP contribution in [0.3, 0.4) is 0 Å². The van der Waals surface area contributed by atoms with Gasteiger partial charge >= 0.3 is 5.97 Å². The van der Waals surface area contributed by atoms with E-state index in [1.165, 1.54) is 5.56 Å². The Kier molecular flexibility index (Phi) is 3.80. The molecule has 1 saturated heterocycles. The van der Waals surface area contributed by atoms with Crippen molar-refractivity contribution in [3.63, 3.8) is 0 Å². The van der Waals surface area contributed by atoms with Crippen LogP contribution in [0.25, 0.3) is 10.8 Å². The van der Waals surface area contributed by atoms with Gasteiger partial charge in [-0.15, -0.1) is 0 Å². The molecule has 4 nitrogen and oxygen atoms in total. The fourth-order valence-electron chi connectivity index (χ4n) is 2.98. The van der Waals surface area contributed by atoms with Gasteiger partial charge in [0, 0.05) is 6.54 Å². The van der Waals surface area contributed by atoms with E-state index in [2.05, 4.69) is 17.0 Å². The Hall–Kier alpha value is -2.07. The van der Waals surface area contributed by atoms with Crippen LogP contribution < -0.4 is 0 Å². The normalized spacial score (nSPS) is 17.1. The Balaban J connectivity index is 1.68. The van der Waals surface area contributed by atoms with Crippen LogP contribution in [0.5, 0.6) is 5.75 Å². The molecule has 0 aromatic heterocycles. The molecule has 4 heteroatoms. The first-order chi connectivity index (χ1) is 10.1. The number of carboxylic acids is 1. The molecule has 2 aromatic rings. The molecule has 0 spiro atoms. The molecule has 0 unspecified atom stereocenters. The van der Waals surface area contributed by atoms with Crippen molar-refractivity contribution < 1.29 is 15.0 Å². The third-order valence-corrected chi connectivity index (χ3v) is 4.23. The minimum absolute atomic E-state index is 0.180. The van der Waals surface area contributed by atoms with Gasteiger partial charge in [-0.25, -0.2) is 0 Å². The maximum Gasteiger partial charge on any atom is 0.306 e. The fourth-order valence-corrected chi connectivity index (χ4v) is 2.98. The quantitative estimate of drug-likeness (QED) is 0.910. The van der Waals surface area contributed by atoms with E-state index in [4.69, 9.17) is 5.11 Å². The molecule has 21 heavy (non-hydrogen) atoms. The monoisotopic (exact) mass is 285 g/mol. The highest BCUT2D eigenvalue weighted by atomic mass is 16.4. The van der Waals surface area contributed by atoms with Gasteiger partial charge in [0.05, 0.1) is 5.92 Å². The first-order valence-corrected chi connectivity index (χ1v) is 7.28. The number of rotatable bonds is 3. The maximum atomic E-state index is 11.0. The minimum Gasteiger partial charge on any atom is -0.508 e. The Labute approximate surface area is 123 Å². The molecule has 0 amide bonds. The standard InChI is InChI=1S/C17H19NO3/c19-16-4-3-14-9-12(1-2-15(14)10-16)11-18-7-5-13(6-8-18)17(20)21/h1-4,9-10,13,19H,5-8,11H2,(H,20,21). The molecule has 3 rings (SSSR count). The van der Waals surface area contributed by atoms with Crippen LogP contribution in [-0.4, -0.2) is 34.2 Å². The average Bonchev–Trinajstić information content (AvgIpc) is 2.48. The summed E-state index contributed by atoms with van der Waals surface area (Å²) < 4.78 is 0. The Morgan fingerprint density at radius 1 is 1.10 bits per heavy atom. The highest BCUT2D eigenvalue weighted by molar-refractivity contribution is 5.84. The molecule has 0 bridgehead atoms. The van der Waals surface area contributed by atoms with E-state index in [9.17, 15) is 9.90 Å². The van der Waals surface area contributed by atoms with Crippen molar-refractivity contribution in [2.75, 3.05) is 13.1 Å². The van der Waals surface area contributed by atoms with Crippen molar-refractivity contribution in [1.29, 1.82) is 0 Å². The lowest BCUT2D eigenvalue weighted by molar-refractivity contribution is -0.143. The van der Waals surface area contributed by atoms with Crippen molar-refractivity contribution in [2.45, 2.75) is 19.4 Å². The summed E-state index contributed by atoms with van der Waals surface area (Å²) >= 11 is 0. The van der Waals surface area contributed by atoms with Gasteiger partial charge in [0.2, 0.25) is 0 Å². The Bertz CT molecular complexity index is 660. The number of piperidine rings is 1. The first kappa shape index (κ1) is 13.9. The lowest BCUT2D eigenvalue weighted by Crippen LogP contribution is -2.35. The largest absolute Gasteiger partial charge is 0.508 e. The highest BCUT2D eigenvalue weighted by Gasteiger charge is 2.24. The summed E-state index contributed by atoms with van der Waals surface area (Å²) in [5, 5.41) is 20.6. The second-order valence-electron chi connectivity index (χ2n) is 5.75. The van der Waals surface area contributed by atoms with Crippen LogP contribution in [0.2, 0.25) is 0 Å². The number of phenolic OH excluding ortho intramolecular Hbond substituents is 1. The zero-order chi connectivity index (χ0) is 14.8. The molecule has 110 valence electrons. The topological polar surface area (TPSA) is 60.8 Å². The molecule has 0 saturated carbocycles. The molecule has 0 atom stereocenters. The van der Waals surface area contributed by atoms with E-state index >= 15 is 0 Å². The van der Waals surface area contributed by atoms with Crippen LogP contribution in [0.1, 0.15) is 18.4 Å². The van der Waals surface area contributed by atoms with E-state index < -0.39 is 5.97 Å². The van der Waals surface area contributed by atoms with Crippen molar-refractivity contribution >= 4 is 16.7 Å². The van der Waals surface area contributed by atoms with Gasteiger partial charge in [0.15, 0.2) is 0 Å². The number of carbonyl (C=O) groups is 1. The molecule has 0 aliphatic carbocycles. The molecule has 0 radical (unpaired) electrons. The van der Waals surface area contributed by atoms with E-state index in [1.54, 1.807) is 12.1 Å². The summed E-state index contributed by atoms with van der Waals surface area (Å²) in [4.78, 5) is 13.3. The third kappa shape index (κ3) is 3.16. The van der Waals surface area contributed by atoms with Crippen LogP contribution in [0.15, 0.2) is 36.4 Å². The van der Waals surface area contributed by atoms with Gasteiger partial charge in [-0.1, -0.05) is 18.2 Å². The molecule has 2 N–H and O–H groups in total. The van der Waals surface area contributed by atoms with Crippen LogP contribution >= 0.6 is 0 Å². The van der Waals surface area contributed by atoms with E-state index in [-0.39, 0.29) is 11.7 Å². The first-order valence-electron chi connectivity index (χ1n) is 7.28. The average molecular weight is 285 g/mol. The molecular formula is C17H19NO3. The number of nitrogens with zero attached hydrogens (tertiary/aromatic N) is 1. The number of benzene rings is 2. The van der Waals surface area contributed by atoms with Crippen LogP contribution in [0, 0.1) is 5.92 Å². The molecule has 2 aromatic carbocycles. The summed E-state index contributed by atoms with van der Waals surface area (Å²) in [6.07, 6.45) is 1.47. The second-order valence-corrected chi connectivity index (χ2v) is 5.75. The van der Waals surface area contributed by atoms with Crippen molar-refractivity contribution in [1.82, 2.24) is 4.90 Å². The lowest BCUT2D eigenvalue weighted by Gasteiger charge is -2.30. The number of carboxylic acid groups (broad SMARTS) is 1. The van der Waals surface area contributed by atoms with E-state index in [0.29, 0.717) is 0 Å². The maximum absolute atomic E-state index is 11.0. The molecular weight excluding hydrogens is 266 g/mol. The molecule has 1 fully saturated rings. The van der Waals surface area contributed by atoms with Gasteiger partial charge < -0.3 is 10.2 Å². The summed E-state index contributed by atoms with van der Waals surface area (Å²) in [7, 11) is 0. The van der Waals surface area contributed by atoms with Gasteiger partial charge in [-0.3, -0.25) is 9.69 Å². The zero-order valence-electron chi connectivity index (χ0n) is 11.8. The second kappa shape index (κ2) is 5.74. The van der Waals surface area contributed by atoms with Crippen molar-refractivity contribution in [2.24, 2.45) is 5.92 Å². The Morgan fingerprint density at radius 3 is 2.48 bits per heavy atom. The predicted molar refractivity (Wildman–Crippen MR) is 81.2 cm³/mol. The SMILES string of the molecule is O=C(O)C1CCN(Cc2ccc3cc(O)ccc3c2)CC1. The minimum atomic E-state index is -0.667. The zero-order valence-corrected chi connectivity index (χ0v) is 11.8. The highest BCUT2D eigenvalue weighted by Crippen LogP contribution is 2.23. The summed E-state index contributed by atoms with van der Waals surface area (Å²) in [5.74, 6) is -0.563. The predicted octanol–water partition coefficient (Wildman–Crippen LogP) is 2.84. The summed E-state index contributed by atoms with van der Waals surface area (Å²) in [6.45, 7) is 2.53. The number of aliphatic carboxylic acids is 1. The van der Waals surface area contributed by atoms with E-state index in [1.807, 2.05) is 12.1 Å². The van der Waals surface area contributed by atoms with Crippen LogP contribution in [-0.2, 0) is 11.3 Å². The summed E-state index contributed by atoms with van der Waals surface area (Å²) in [6, 6.07) is 11.6. The molecule has 1 heterocycles. The Morgan fingerprint density at radius 2 is 1.76 bits per heavy atom. The van der Waals surface area contributed by atoms with Crippen molar-refractivity contribution in [3.8, 4) is 5.75 Å². The lowest BCUT2D eigenvalue weighted by atomic mass is 9.96. The number of hydrogen-bond donors (Lipinski definition) is 2. The molecule has 1 aliphatic rings. The third-order valence-electron chi connectivity index (χ3n) is 4.23.